The molecule has 0 aliphatic rings. The Kier molecular flexibility index (Phi) is 8.04. The topological polar surface area (TPSA) is 76.4 Å². The van der Waals surface area contributed by atoms with Crippen LogP contribution in [0.25, 0.3) is 0 Å². The number of aliphatic imine (C=N–C) groups is 1. The van der Waals surface area contributed by atoms with Gasteiger partial charge in [-0.15, -0.1) is 10.2 Å². The minimum absolute atomic E-state index is 0.267. The van der Waals surface area contributed by atoms with Crippen LogP contribution in [0, 0.1) is 6.92 Å². The van der Waals surface area contributed by atoms with Crippen molar-refractivity contribution < 1.29 is 4.74 Å². The van der Waals surface area contributed by atoms with E-state index in [2.05, 4.69) is 52.0 Å². The third kappa shape index (κ3) is 6.84. The van der Waals surface area contributed by atoms with Crippen LogP contribution in [0.3, 0.4) is 0 Å². The average Bonchev–Trinajstić information content (AvgIpc) is 3.12. The van der Waals surface area contributed by atoms with Crippen LogP contribution in [0.4, 0.5) is 0 Å². The van der Waals surface area contributed by atoms with E-state index in [0.717, 1.165) is 41.8 Å². The summed E-state index contributed by atoms with van der Waals surface area (Å²) < 4.78 is 7.21. The first kappa shape index (κ1) is 22.3. The molecule has 0 radical (unpaired) electrons. The van der Waals surface area contributed by atoms with E-state index in [1.807, 2.05) is 48.9 Å². The Labute approximate surface area is 184 Å². The molecule has 0 amide bonds. The lowest BCUT2D eigenvalue weighted by atomic mass is 10.1. The Hall–Kier alpha value is -3.35. The zero-order valence-corrected chi connectivity index (χ0v) is 18.8. The maximum atomic E-state index is 5.24. The summed E-state index contributed by atoms with van der Waals surface area (Å²) in [5.74, 6) is 3.36. The van der Waals surface area contributed by atoms with Crippen LogP contribution in [-0.4, -0.2) is 33.9 Å². The molecular weight excluding hydrogens is 388 g/mol. The molecular formula is C24H32N6O. The van der Waals surface area contributed by atoms with E-state index < -0.39 is 0 Å². The zero-order chi connectivity index (χ0) is 22.1. The van der Waals surface area contributed by atoms with E-state index in [0.29, 0.717) is 13.1 Å². The highest BCUT2D eigenvalue weighted by molar-refractivity contribution is 5.80. The number of aryl methyl sites for hydroxylation is 2. The predicted octanol–water partition coefficient (Wildman–Crippen LogP) is 3.39. The SMILES string of the molecule is COc1ccc(CN=C(NCc2nnc(C)n2C)NC(C)CCc2ccccc2)cc1. The Morgan fingerprint density at radius 2 is 1.81 bits per heavy atom. The molecule has 31 heavy (non-hydrogen) atoms. The monoisotopic (exact) mass is 420 g/mol. The molecule has 3 aromatic rings. The summed E-state index contributed by atoms with van der Waals surface area (Å²) in [4.78, 5) is 4.79. The van der Waals surface area contributed by atoms with Crippen molar-refractivity contribution in [3.8, 4) is 5.75 Å². The van der Waals surface area contributed by atoms with Crippen molar-refractivity contribution in [2.45, 2.75) is 45.8 Å². The summed E-state index contributed by atoms with van der Waals surface area (Å²) in [6.07, 6.45) is 2.03. The molecule has 0 fully saturated rings. The van der Waals surface area contributed by atoms with Crippen molar-refractivity contribution in [2.24, 2.45) is 12.0 Å². The van der Waals surface area contributed by atoms with Crippen molar-refractivity contribution in [2.75, 3.05) is 7.11 Å². The van der Waals surface area contributed by atoms with Gasteiger partial charge in [-0.1, -0.05) is 42.5 Å². The Bertz CT molecular complexity index is 965. The maximum absolute atomic E-state index is 5.24. The van der Waals surface area contributed by atoms with Crippen molar-refractivity contribution in [3.05, 3.63) is 77.4 Å². The Morgan fingerprint density at radius 1 is 1.06 bits per heavy atom. The number of nitrogens with zero attached hydrogens (tertiary/aromatic N) is 4. The molecule has 0 saturated carbocycles. The number of ether oxygens (including phenoxy) is 1. The summed E-state index contributed by atoms with van der Waals surface area (Å²) >= 11 is 0. The van der Waals surface area contributed by atoms with Crippen LogP contribution in [0.1, 0.15) is 36.1 Å². The molecule has 0 aliphatic carbocycles. The molecule has 0 aliphatic heterocycles. The number of aromatic nitrogens is 3. The number of hydrogen-bond acceptors (Lipinski definition) is 4. The molecule has 1 unspecified atom stereocenters. The first-order chi connectivity index (χ1) is 15.0. The highest BCUT2D eigenvalue weighted by Gasteiger charge is 2.09. The van der Waals surface area contributed by atoms with Crippen molar-refractivity contribution in [1.29, 1.82) is 0 Å². The zero-order valence-electron chi connectivity index (χ0n) is 18.8. The third-order valence-electron chi connectivity index (χ3n) is 5.27. The summed E-state index contributed by atoms with van der Waals surface area (Å²) in [5.41, 5.74) is 2.46. The van der Waals surface area contributed by atoms with Crippen molar-refractivity contribution >= 4 is 5.96 Å². The fourth-order valence-electron chi connectivity index (χ4n) is 3.16. The second-order valence-electron chi connectivity index (χ2n) is 7.66. The first-order valence-corrected chi connectivity index (χ1v) is 10.6. The second-order valence-corrected chi connectivity index (χ2v) is 7.66. The molecule has 164 valence electrons. The van der Waals surface area contributed by atoms with E-state index in [4.69, 9.17) is 9.73 Å². The molecule has 2 N–H and O–H groups in total. The van der Waals surface area contributed by atoms with Gasteiger partial charge in [0.2, 0.25) is 0 Å². The van der Waals surface area contributed by atoms with E-state index in [-0.39, 0.29) is 6.04 Å². The van der Waals surface area contributed by atoms with Gasteiger partial charge in [0.15, 0.2) is 11.8 Å². The van der Waals surface area contributed by atoms with Crippen LogP contribution < -0.4 is 15.4 Å². The lowest BCUT2D eigenvalue weighted by Gasteiger charge is -2.18. The minimum Gasteiger partial charge on any atom is -0.497 e. The minimum atomic E-state index is 0.267. The van der Waals surface area contributed by atoms with Gasteiger partial charge in [-0.05, 0) is 49.9 Å². The van der Waals surface area contributed by atoms with Crippen LogP contribution in [-0.2, 0) is 26.6 Å². The smallest absolute Gasteiger partial charge is 0.192 e. The molecule has 0 saturated heterocycles. The highest BCUT2D eigenvalue weighted by Crippen LogP contribution is 2.12. The number of hydrogen-bond donors (Lipinski definition) is 2. The number of methoxy groups -OCH3 is 1. The van der Waals surface area contributed by atoms with E-state index in [9.17, 15) is 0 Å². The third-order valence-corrected chi connectivity index (χ3v) is 5.27. The molecule has 1 heterocycles. The van der Waals surface area contributed by atoms with Gasteiger partial charge in [0, 0.05) is 13.1 Å². The van der Waals surface area contributed by atoms with Crippen LogP contribution in [0.15, 0.2) is 59.6 Å². The molecule has 0 spiro atoms. The van der Waals surface area contributed by atoms with Gasteiger partial charge in [-0.25, -0.2) is 4.99 Å². The van der Waals surface area contributed by atoms with Crippen molar-refractivity contribution in [3.63, 3.8) is 0 Å². The Morgan fingerprint density at radius 3 is 2.45 bits per heavy atom. The van der Waals surface area contributed by atoms with Gasteiger partial charge in [-0.2, -0.15) is 0 Å². The summed E-state index contributed by atoms with van der Waals surface area (Å²) in [7, 11) is 3.64. The first-order valence-electron chi connectivity index (χ1n) is 10.6. The lowest BCUT2D eigenvalue weighted by molar-refractivity contribution is 0.414. The van der Waals surface area contributed by atoms with Crippen molar-refractivity contribution in [1.82, 2.24) is 25.4 Å². The van der Waals surface area contributed by atoms with E-state index in [1.165, 1.54) is 5.56 Å². The van der Waals surface area contributed by atoms with Gasteiger partial charge in [0.25, 0.3) is 0 Å². The molecule has 3 rings (SSSR count). The molecule has 1 atom stereocenters. The standard InChI is InChI=1S/C24H32N6O/c1-18(10-11-20-8-6-5-7-9-20)27-24(26-17-23-29-28-19(2)30(23)3)25-16-21-12-14-22(31-4)15-13-21/h5-9,12-15,18H,10-11,16-17H2,1-4H3,(H2,25,26,27). The normalized spacial score (nSPS) is 12.5. The van der Waals surface area contributed by atoms with Gasteiger partial charge in [-0.3, -0.25) is 0 Å². The fourth-order valence-corrected chi connectivity index (χ4v) is 3.16. The number of nitrogens with one attached hydrogen (secondary N) is 2. The molecule has 7 nitrogen and oxygen atoms in total. The number of rotatable bonds is 9. The van der Waals surface area contributed by atoms with Crippen LogP contribution in [0.5, 0.6) is 5.75 Å². The van der Waals surface area contributed by atoms with Crippen LogP contribution >= 0.6 is 0 Å². The van der Waals surface area contributed by atoms with Gasteiger partial charge in [0.05, 0.1) is 20.2 Å². The summed E-state index contributed by atoms with van der Waals surface area (Å²) in [6, 6.07) is 18.8. The lowest BCUT2D eigenvalue weighted by Crippen LogP contribution is -2.42. The van der Waals surface area contributed by atoms with Gasteiger partial charge in [0.1, 0.15) is 11.6 Å². The maximum Gasteiger partial charge on any atom is 0.192 e. The molecule has 1 aromatic heterocycles. The van der Waals surface area contributed by atoms with Gasteiger partial charge < -0.3 is 19.9 Å². The molecule has 0 bridgehead atoms. The second kappa shape index (κ2) is 11.2. The highest BCUT2D eigenvalue weighted by atomic mass is 16.5. The molecule has 7 heteroatoms. The Balaban J connectivity index is 1.63. The molecule has 2 aromatic carbocycles. The largest absolute Gasteiger partial charge is 0.497 e. The van der Waals surface area contributed by atoms with E-state index >= 15 is 0 Å². The van der Waals surface area contributed by atoms with Gasteiger partial charge >= 0.3 is 0 Å². The fraction of sp³-hybridized carbons (Fsp3) is 0.375. The number of benzene rings is 2. The summed E-state index contributed by atoms with van der Waals surface area (Å²) in [5, 5.41) is 15.3. The quantitative estimate of drug-likeness (QED) is 0.410. The predicted molar refractivity (Wildman–Crippen MR) is 124 cm³/mol. The van der Waals surface area contributed by atoms with E-state index in [1.54, 1.807) is 7.11 Å². The number of guanidine groups is 1. The summed E-state index contributed by atoms with van der Waals surface area (Å²) in [6.45, 7) is 5.25. The average molecular weight is 421 g/mol. The van der Waals surface area contributed by atoms with Crippen LogP contribution in [0.2, 0.25) is 0 Å².